The lowest BCUT2D eigenvalue weighted by atomic mass is 9.49. The first kappa shape index (κ1) is 18.6. The number of nitrogens with one attached hydrogen (secondary N) is 1. The third-order valence-corrected chi connectivity index (χ3v) is 7.99. The summed E-state index contributed by atoms with van der Waals surface area (Å²) in [5, 5.41) is 2.71. The molecule has 6 heteroatoms. The first-order valence-electron chi connectivity index (χ1n) is 10.5. The minimum atomic E-state index is -0.483. The van der Waals surface area contributed by atoms with Gasteiger partial charge in [-0.1, -0.05) is 15.9 Å². The Labute approximate surface area is 173 Å². The molecule has 28 heavy (non-hydrogen) atoms. The minimum absolute atomic E-state index is 0.169. The summed E-state index contributed by atoms with van der Waals surface area (Å²) >= 11 is 3.23. The maximum atomic E-state index is 14.1. The average Bonchev–Trinajstić information content (AvgIpc) is 3.12. The minimum Gasteiger partial charge on any atom is -0.330 e. The van der Waals surface area contributed by atoms with Gasteiger partial charge in [0.1, 0.15) is 11.9 Å². The van der Waals surface area contributed by atoms with Crippen molar-refractivity contribution in [3.63, 3.8) is 0 Å². The van der Waals surface area contributed by atoms with Crippen molar-refractivity contribution >= 4 is 33.4 Å². The van der Waals surface area contributed by atoms with Crippen molar-refractivity contribution in [3.8, 4) is 0 Å². The molecule has 4 bridgehead atoms. The van der Waals surface area contributed by atoms with E-state index in [0.29, 0.717) is 35.2 Å². The molecule has 1 aromatic carbocycles. The smallest absolute Gasteiger partial charge is 0.247 e. The van der Waals surface area contributed by atoms with E-state index in [2.05, 4.69) is 21.2 Å². The Morgan fingerprint density at radius 3 is 2.36 bits per heavy atom. The van der Waals surface area contributed by atoms with Crippen molar-refractivity contribution < 1.29 is 14.0 Å². The van der Waals surface area contributed by atoms with Crippen LogP contribution in [0, 0.1) is 29.0 Å². The van der Waals surface area contributed by atoms with E-state index >= 15 is 0 Å². The third-order valence-electron chi connectivity index (χ3n) is 7.50. The van der Waals surface area contributed by atoms with Crippen molar-refractivity contribution in [1.29, 1.82) is 0 Å². The van der Waals surface area contributed by atoms with Gasteiger partial charge in [-0.3, -0.25) is 9.59 Å². The second kappa shape index (κ2) is 6.82. The van der Waals surface area contributed by atoms with Crippen LogP contribution in [0.15, 0.2) is 22.7 Å². The fourth-order valence-electron chi connectivity index (χ4n) is 6.77. The second-order valence-electron chi connectivity index (χ2n) is 9.47. The Hall–Kier alpha value is -1.43. The monoisotopic (exact) mass is 448 g/mol. The van der Waals surface area contributed by atoms with E-state index in [4.69, 9.17) is 0 Å². The summed E-state index contributed by atoms with van der Waals surface area (Å²) in [5.41, 5.74) is -0.0668. The fourth-order valence-corrected chi connectivity index (χ4v) is 7.10. The Morgan fingerprint density at radius 2 is 1.75 bits per heavy atom. The lowest BCUT2D eigenvalue weighted by Crippen LogP contribution is -2.56. The molecule has 0 unspecified atom stereocenters. The number of likely N-dealkylation sites (tertiary alicyclic amines) is 1. The summed E-state index contributed by atoms with van der Waals surface area (Å²) in [6.45, 7) is 0.640. The fraction of sp³-hybridized carbons (Fsp3) is 0.636. The summed E-state index contributed by atoms with van der Waals surface area (Å²) in [7, 11) is 0. The van der Waals surface area contributed by atoms with Crippen LogP contribution in [-0.4, -0.2) is 29.3 Å². The van der Waals surface area contributed by atoms with Gasteiger partial charge in [0.05, 0.1) is 11.1 Å². The Balaban J connectivity index is 1.34. The van der Waals surface area contributed by atoms with Gasteiger partial charge >= 0.3 is 0 Å². The zero-order chi connectivity index (χ0) is 19.5. The van der Waals surface area contributed by atoms with Crippen LogP contribution in [0.25, 0.3) is 0 Å². The molecule has 5 aliphatic rings. The molecule has 1 atom stereocenters. The molecule has 150 valence electrons. The maximum Gasteiger partial charge on any atom is 0.247 e. The molecule has 1 aliphatic heterocycles. The van der Waals surface area contributed by atoms with Gasteiger partial charge in [0.15, 0.2) is 0 Å². The van der Waals surface area contributed by atoms with Gasteiger partial charge in [-0.25, -0.2) is 4.39 Å². The number of benzene rings is 1. The van der Waals surface area contributed by atoms with E-state index in [1.807, 2.05) is 4.90 Å². The topological polar surface area (TPSA) is 49.4 Å². The quantitative estimate of drug-likeness (QED) is 0.725. The van der Waals surface area contributed by atoms with Crippen LogP contribution in [0.2, 0.25) is 0 Å². The number of amides is 2. The Bertz CT molecular complexity index is 791. The van der Waals surface area contributed by atoms with E-state index in [1.54, 1.807) is 12.1 Å². The highest BCUT2D eigenvalue weighted by Crippen LogP contribution is 2.60. The number of halogens is 2. The summed E-state index contributed by atoms with van der Waals surface area (Å²) < 4.78 is 14.8. The lowest BCUT2D eigenvalue weighted by molar-refractivity contribution is -0.160. The molecule has 1 heterocycles. The van der Waals surface area contributed by atoms with Crippen molar-refractivity contribution in [3.05, 3.63) is 28.5 Å². The van der Waals surface area contributed by atoms with E-state index in [-0.39, 0.29) is 22.9 Å². The lowest BCUT2D eigenvalue weighted by Gasteiger charge is -2.56. The molecular formula is C22H26BrFN2O2. The van der Waals surface area contributed by atoms with E-state index in [0.717, 1.165) is 25.7 Å². The largest absolute Gasteiger partial charge is 0.330 e. The van der Waals surface area contributed by atoms with Crippen molar-refractivity contribution in [1.82, 2.24) is 4.90 Å². The van der Waals surface area contributed by atoms with E-state index in [1.165, 1.54) is 25.3 Å². The van der Waals surface area contributed by atoms with Crippen LogP contribution in [0.1, 0.15) is 51.4 Å². The summed E-state index contributed by atoms with van der Waals surface area (Å²) in [5.74, 6) is 1.54. The molecule has 2 amide bonds. The molecular weight excluding hydrogens is 423 g/mol. The molecule has 0 spiro atoms. The van der Waals surface area contributed by atoms with Gasteiger partial charge in [-0.05, 0) is 87.3 Å². The van der Waals surface area contributed by atoms with Gasteiger partial charge in [0, 0.05) is 11.0 Å². The zero-order valence-electron chi connectivity index (χ0n) is 15.9. The SMILES string of the molecule is O=C(Nc1ccc(Br)cc1F)[C@@H]1CCCN1C(=O)C12CC3CC(CC(C3)C1)C2. The van der Waals surface area contributed by atoms with E-state index in [9.17, 15) is 14.0 Å². The van der Waals surface area contributed by atoms with Crippen LogP contribution < -0.4 is 5.32 Å². The normalized spacial score (nSPS) is 36.0. The van der Waals surface area contributed by atoms with Crippen LogP contribution in [0.3, 0.4) is 0 Å². The first-order valence-corrected chi connectivity index (χ1v) is 11.3. The van der Waals surface area contributed by atoms with Crippen LogP contribution in [0.4, 0.5) is 10.1 Å². The van der Waals surface area contributed by atoms with Crippen molar-refractivity contribution in [2.45, 2.75) is 57.4 Å². The number of rotatable bonds is 3. The van der Waals surface area contributed by atoms with Crippen LogP contribution >= 0.6 is 15.9 Å². The second-order valence-corrected chi connectivity index (χ2v) is 10.4. The predicted molar refractivity (Wildman–Crippen MR) is 108 cm³/mol. The molecule has 0 aromatic heterocycles. The maximum absolute atomic E-state index is 14.1. The number of carbonyl (C=O) groups is 2. The van der Waals surface area contributed by atoms with Gasteiger partial charge < -0.3 is 10.2 Å². The number of nitrogens with zero attached hydrogens (tertiary/aromatic N) is 1. The van der Waals surface area contributed by atoms with Gasteiger partial charge in [-0.15, -0.1) is 0 Å². The van der Waals surface area contributed by atoms with Crippen LogP contribution in [-0.2, 0) is 9.59 Å². The molecule has 1 saturated heterocycles. The number of hydrogen-bond acceptors (Lipinski definition) is 2. The molecule has 0 radical (unpaired) electrons. The Morgan fingerprint density at radius 1 is 1.11 bits per heavy atom. The van der Waals surface area contributed by atoms with E-state index < -0.39 is 11.9 Å². The predicted octanol–water partition coefficient (Wildman–Crippen LogP) is 4.73. The van der Waals surface area contributed by atoms with Gasteiger partial charge in [-0.2, -0.15) is 0 Å². The average molecular weight is 449 g/mol. The highest BCUT2D eigenvalue weighted by molar-refractivity contribution is 9.10. The zero-order valence-corrected chi connectivity index (χ0v) is 17.5. The van der Waals surface area contributed by atoms with Crippen molar-refractivity contribution in [2.75, 3.05) is 11.9 Å². The molecule has 4 aliphatic carbocycles. The van der Waals surface area contributed by atoms with Crippen LogP contribution in [0.5, 0.6) is 0 Å². The molecule has 1 aromatic rings. The number of carbonyl (C=O) groups excluding carboxylic acids is 2. The molecule has 4 nitrogen and oxygen atoms in total. The summed E-state index contributed by atoms with van der Waals surface area (Å²) in [6.07, 6.45) is 8.37. The summed E-state index contributed by atoms with van der Waals surface area (Å²) in [4.78, 5) is 28.4. The summed E-state index contributed by atoms with van der Waals surface area (Å²) in [6, 6.07) is 4.11. The first-order chi connectivity index (χ1) is 13.4. The highest BCUT2D eigenvalue weighted by Gasteiger charge is 2.56. The molecule has 5 fully saturated rings. The highest BCUT2D eigenvalue weighted by atomic mass is 79.9. The molecule has 1 N–H and O–H groups in total. The van der Waals surface area contributed by atoms with Crippen molar-refractivity contribution in [2.24, 2.45) is 23.2 Å². The number of anilines is 1. The third kappa shape index (κ3) is 3.08. The number of hydrogen-bond donors (Lipinski definition) is 1. The standard InChI is InChI=1S/C22H26BrFN2O2/c23-16-3-4-18(17(24)9-16)25-20(27)19-2-1-5-26(19)21(28)22-10-13-6-14(11-22)8-15(7-13)12-22/h3-4,9,13-15,19H,1-2,5-8,10-12H2,(H,25,27)/t13?,14?,15?,19-,22?/m0/s1. The Kier molecular flexibility index (Phi) is 4.53. The molecule has 6 rings (SSSR count). The van der Waals surface area contributed by atoms with Gasteiger partial charge in [0.25, 0.3) is 0 Å². The van der Waals surface area contributed by atoms with Gasteiger partial charge in [0.2, 0.25) is 11.8 Å². The molecule has 4 saturated carbocycles.